The minimum Gasteiger partial charge on any atom is -0.480 e. The van der Waals surface area contributed by atoms with Gasteiger partial charge in [-0.05, 0) is 35.0 Å². The molecule has 1 aliphatic heterocycles. The van der Waals surface area contributed by atoms with Crippen LogP contribution < -0.4 is 10.1 Å². The number of barbiturate groups is 1. The minimum atomic E-state index is -0.805. The molecule has 0 aliphatic carbocycles. The Hall–Kier alpha value is -4.31. The predicted octanol–water partition coefficient (Wildman–Crippen LogP) is 3.11. The fourth-order valence-electron chi connectivity index (χ4n) is 3.21. The normalized spacial score (nSPS) is 15.4. The zero-order valence-corrected chi connectivity index (χ0v) is 15.8. The lowest BCUT2D eigenvalue weighted by Crippen LogP contribution is -2.53. The van der Waals surface area contributed by atoms with Gasteiger partial charge >= 0.3 is 6.03 Å². The summed E-state index contributed by atoms with van der Waals surface area (Å²) >= 11 is 0. The molecule has 30 heavy (non-hydrogen) atoms. The van der Waals surface area contributed by atoms with Gasteiger partial charge < -0.3 is 9.15 Å². The van der Waals surface area contributed by atoms with E-state index < -0.39 is 17.8 Å². The molecule has 1 saturated heterocycles. The number of hydrogen-bond acceptors (Lipinski definition) is 5. The van der Waals surface area contributed by atoms with E-state index in [1.165, 1.54) is 12.3 Å². The summed E-state index contributed by atoms with van der Waals surface area (Å²) in [5.41, 5.74) is 0.331. The van der Waals surface area contributed by atoms with Crippen LogP contribution in [-0.2, 0) is 16.1 Å². The molecule has 0 radical (unpaired) electrons. The van der Waals surface area contributed by atoms with E-state index in [1.54, 1.807) is 18.2 Å². The van der Waals surface area contributed by atoms with E-state index in [0.29, 0.717) is 17.1 Å². The highest BCUT2D eigenvalue weighted by Crippen LogP contribution is 2.31. The maximum atomic E-state index is 13.0. The van der Waals surface area contributed by atoms with Crippen molar-refractivity contribution >= 4 is 34.7 Å². The predicted molar refractivity (Wildman–Crippen MR) is 109 cm³/mol. The molecule has 0 unspecified atom stereocenters. The highest BCUT2D eigenvalue weighted by atomic mass is 16.5. The van der Waals surface area contributed by atoms with E-state index in [2.05, 4.69) is 11.2 Å². The Bertz CT molecular complexity index is 1220. The number of nitrogens with zero attached hydrogens (tertiary/aromatic N) is 1. The van der Waals surface area contributed by atoms with E-state index in [0.717, 1.165) is 15.7 Å². The first kappa shape index (κ1) is 19.0. The zero-order chi connectivity index (χ0) is 21.1. The number of ether oxygens (including phenoxy) is 1. The maximum absolute atomic E-state index is 13.0. The molecule has 0 atom stereocenters. The summed E-state index contributed by atoms with van der Waals surface area (Å²) in [6, 6.07) is 13.5. The van der Waals surface area contributed by atoms with Gasteiger partial charge in [0.05, 0.1) is 12.8 Å². The number of imide groups is 2. The van der Waals surface area contributed by atoms with Crippen LogP contribution in [0.1, 0.15) is 11.3 Å². The van der Waals surface area contributed by atoms with Gasteiger partial charge in [0.2, 0.25) is 0 Å². The van der Waals surface area contributed by atoms with Crippen molar-refractivity contribution in [1.29, 1.82) is 0 Å². The molecule has 148 valence electrons. The number of furan rings is 1. The molecule has 1 aliphatic rings. The second-order valence-corrected chi connectivity index (χ2v) is 6.48. The average Bonchev–Trinajstić information content (AvgIpc) is 3.26. The molecule has 4 rings (SSSR count). The van der Waals surface area contributed by atoms with Crippen molar-refractivity contribution in [3.05, 3.63) is 71.7 Å². The molecule has 1 N–H and O–H groups in total. The van der Waals surface area contributed by atoms with Crippen LogP contribution in [0.25, 0.3) is 16.8 Å². The van der Waals surface area contributed by atoms with Gasteiger partial charge in [0.1, 0.15) is 23.7 Å². The van der Waals surface area contributed by atoms with Crippen LogP contribution in [0, 0.1) is 12.3 Å². The first-order chi connectivity index (χ1) is 14.6. The monoisotopic (exact) mass is 400 g/mol. The van der Waals surface area contributed by atoms with Crippen LogP contribution in [0.4, 0.5) is 4.79 Å². The molecule has 1 aromatic heterocycles. The average molecular weight is 400 g/mol. The molecule has 7 heteroatoms. The molecule has 4 amide bonds. The van der Waals surface area contributed by atoms with E-state index in [4.69, 9.17) is 15.6 Å². The van der Waals surface area contributed by atoms with E-state index in [1.807, 2.05) is 30.3 Å². The van der Waals surface area contributed by atoms with E-state index in [9.17, 15) is 14.4 Å². The Morgan fingerprint density at radius 1 is 1.10 bits per heavy atom. The Morgan fingerprint density at radius 3 is 2.70 bits per heavy atom. The summed E-state index contributed by atoms with van der Waals surface area (Å²) in [4.78, 5) is 38.6. The van der Waals surface area contributed by atoms with Gasteiger partial charge in [0.25, 0.3) is 11.8 Å². The number of benzene rings is 2. The molecule has 1 fully saturated rings. The number of carbonyl (C=O) groups is 3. The number of nitrogens with one attached hydrogen (secondary N) is 1. The van der Waals surface area contributed by atoms with Gasteiger partial charge in [-0.1, -0.05) is 36.3 Å². The number of rotatable bonds is 5. The third kappa shape index (κ3) is 3.54. The molecule has 3 aromatic rings. The van der Waals surface area contributed by atoms with Gasteiger partial charge in [-0.15, -0.1) is 6.42 Å². The first-order valence-corrected chi connectivity index (χ1v) is 9.07. The topological polar surface area (TPSA) is 88.8 Å². The van der Waals surface area contributed by atoms with Crippen molar-refractivity contribution in [2.45, 2.75) is 6.54 Å². The number of terminal acetylenes is 1. The largest absolute Gasteiger partial charge is 0.480 e. The van der Waals surface area contributed by atoms with Crippen molar-refractivity contribution in [2.75, 3.05) is 6.61 Å². The van der Waals surface area contributed by atoms with Gasteiger partial charge in [0.15, 0.2) is 0 Å². The summed E-state index contributed by atoms with van der Waals surface area (Å²) in [6.07, 6.45) is 8.17. The zero-order valence-electron chi connectivity index (χ0n) is 15.8. The number of urea groups is 1. The van der Waals surface area contributed by atoms with Crippen molar-refractivity contribution < 1.29 is 23.5 Å². The van der Waals surface area contributed by atoms with Crippen molar-refractivity contribution in [2.24, 2.45) is 0 Å². The summed E-state index contributed by atoms with van der Waals surface area (Å²) in [6.45, 7) is -0.0734. The first-order valence-electron chi connectivity index (χ1n) is 9.07. The van der Waals surface area contributed by atoms with Crippen LogP contribution in [0.5, 0.6) is 5.75 Å². The Labute approximate surface area is 171 Å². The van der Waals surface area contributed by atoms with Crippen molar-refractivity contribution in [3.63, 3.8) is 0 Å². The number of amides is 4. The van der Waals surface area contributed by atoms with Crippen LogP contribution in [-0.4, -0.2) is 29.4 Å². The number of carbonyl (C=O) groups excluding carboxylic acids is 3. The van der Waals surface area contributed by atoms with E-state index in [-0.39, 0.29) is 18.7 Å². The summed E-state index contributed by atoms with van der Waals surface area (Å²) in [5, 5.41) is 3.86. The Balaban J connectivity index is 1.80. The molecule has 0 bridgehead atoms. The number of fused-ring (bicyclic) bond motifs is 1. The Kier molecular flexibility index (Phi) is 5.06. The molecule has 7 nitrogen and oxygen atoms in total. The van der Waals surface area contributed by atoms with Crippen molar-refractivity contribution in [3.8, 4) is 18.1 Å². The highest BCUT2D eigenvalue weighted by Gasteiger charge is 2.36. The fraction of sp³-hybridized carbons (Fsp3) is 0.0870. The van der Waals surface area contributed by atoms with Crippen LogP contribution in [0.15, 0.2) is 64.8 Å². The lowest BCUT2D eigenvalue weighted by atomic mass is 10.00. The summed E-state index contributed by atoms with van der Waals surface area (Å²) < 4.78 is 10.8. The molecule has 2 heterocycles. The van der Waals surface area contributed by atoms with Gasteiger partial charge in [-0.2, -0.15) is 0 Å². The minimum absolute atomic E-state index is 0.0256. The Morgan fingerprint density at radius 2 is 1.93 bits per heavy atom. The van der Waals surface area contributed by atoms with Crippen molar-refractivity contribution in [1.82, 2.24) is 10.2 Å². The van der Waals surface area contributed by atoms with Crippen LogP contribution in [0.3, 0.4) is 0 Å². The second-order valence-electron chi connectivity index (χ2n) is 6.48. The van der Waals surface area contributed by atoms with Crippen LogP contribution >= 0.6 is 0 Å². The number of hydrogen-bond donors (Lipinski definition) is 1. The van der Waals surface area contributed by atoms with Gasteiger partial charge in [-0.25, -0.2) is 4.79 Å². The second kappa shape index (κ2) is 7.97. The fourth-order valence-corrected chi connectivity index (χ4v) is 3.21. The third-order valence-corrected chi connectivity index (χ3v) is 4.61. The maximum Gasteiger partial charge on any atom is 0.331 e. The molecular formula is C23H16N2O5. The van der Waals surface area contributed by atoms with E-state index >= 15 is 0 Å². The molecule has 0 spiro atoms. The summed E-state index contributed by atoms with van der Waals surface area (Å²) in [5.74, 6) is 1.73. The quantitative estimate of drug-likeness (QED) is 0.404. The standard InChI is InChI=1S/C23H16N2O5/c1-2-11-30-20-10-9-15-6-3-4-8-17(15)18(20)13-19-21(26)24-23(28)25(22(19)27)14-16-7-5-12-29-16/h1,3-10,12-13H,11,14H2,(H,24,26,28). The highest BCUT2D eigenvalue weighted by molar-refractivity contribution is 6.31. The SMILES string of the molecule is C#CCOc1ccc2ccccc2c1C=C1C(=O)NC(=O)N(Cc2ccco2)C1=O. The molecular weight excluding hydrogens is 384 g/mol. The van der Waals surface area contributed by atoms with Crippen LogP contribution in [0.2, 0.25) is 0 Å². The molecule has 0 saturated carbocycles. The smallest absolute Gasteiger partial charge is 0.331 e. The van der Waals surface area contributed by atoms with Gasteiger partial charge in [0, 0.05) is 5.56 Å². The van der Waals surface area contributed by atoms with Gasteiger partial charge in [-0.3, -0.25) is 19.8 Å². The lowest BCUT2D eigenvalue weighted by molar-refractivity contribution is -0.130. The lowest BCUT2D eigenvalue weighted by Gasteiger charge is -2.25. The molecule has 2 aromatic carbocycles. The summed E-state index contributed by atoms with van der Waals surface area (Å²) in [7, 11) is 0. The third-order valence-electron chi connectivity index (χ3n) is 4.61.